The Morgan fingerprint density at radius 3 is 2.53 bits per heavy atom. The van der Waals surface area contributed by atoms with Crippen LogP contribution >= 0.6 is 11.6 Å². The molecule has 3 N–H and O–H groups in total. The third kappa shape index (κ3) is 4.29. The molecule has 0 aliphatic carbocycles. The second kappa shape index (κ2) is 9.83. The molecule has 0 radical (unpaired) electrons. The molecule has 1 aliphatic heterocycles. The van der Waals surface area contributed by atoms with Gasteiger partial charge in [-0.2, -0.15) is 9.61 Å². The molecule has 3 heterocycles. The molecular weight excluding hydrogens is 481 g/mol. The summed E-state index contributed by atoms with van der Waals surface area (Å²) in [5, 5.41) is 8.76. The summed E-state index contributed by atoms with van der Waals surface area (Å²) in [5.41, 5.74) is 7.93. The molecule has 1 amide bonds. The van der Waals surface area contributed by atoms with Gasteiger partial charge in [-0.1, -0.05) is 42.8 Å². The minimum atomic E-state index is -0.741. The lowest BCUT2D eigenvalue weighted by Gasteiger charge is -2.40. The fourth-order valence-corrected chi connectivity index (χ4v) is 4.89. The molecule has 0 saturated carbocycles. The number of anilines is 1. The summed E-state index contributed by atoms with van der Waals surface area (Å²) in [5.74, 6) is -0.141. The van der Waals surface area contributed by atoms with Gasteiger partial charge < -0.3 is 16.0 Å². The first kappa shape index (κ1) is 24.1. The van der Waals surface area contributed by atoms with Crippen molar-refractivity contribution in [1.29, 1.82) is 0 Å². The van der Waals surface area contributed by atoms with E-state index >= 15 is 0 Å². The number of rotatable bonds is 7. The Morgan fingerprint density at radius 2 is 1.86 bits per heavy atom. The van der Waals surface area contributed by atoms with Crippen molar-refractivity contribution in [3.8, 4) is 22.4 Å². The highest BCUT2D eigenvalue weighted by molar-refractivity contribution is 6.30. The van der Waals surface area contributed by atoms with Gasteiger partial charge in [-0.25, -0.2) is 14.4 Å². The standard InChI is InChI=1S/C26H27ClFN7O/c1-2-13-32-26(24(29)36)11-14-34(15-12-26)25-31-16-30-23-21(17-7-9-18(27)10-8-17)22(33-35(23)25)19-5-3-4-6-20(19)28/h3-10,16,32H,2,11-15H2,1H3,(H2,29,36). The summed E-state index contributed by atoms with van der Waals surface area (Å²) in [6.45, 7) is 3.88. The molecule has 2 aromatic carbocycles. The van der Waals surface area contributed by atoms with Gasteiger partial charge in [0.25, 0.3) is 0 Å². The molecule has 0 bridgehead atoms. The van der Waals surface area contributed by atoms with Gasteiger partial charge in [-0.05, 0) is 55.6 Å². The van der Waals surface area contributed by atoms with E-state index in [1.165, 1.54) is 12.4 Å². The van der Waals surface area contributed by atoms with Crippen LogP contribution in [-0.4, -0.2) is 50.7 Å². The van der Waals surface area contributed by atoms with Crippen molar-refractivity contribution in [1.82, 2.24) is 24.9 Å². The summed E-state index contributed by atoms with van der Waals surface area (Å²) >= 11 is 6.13. The maximum atomic E-state index is 14.9. The van der Waals surface area contributed by atoms with Gasteiger partial charge in [-0.3, -0.25) is 4.79 Å². The van der Waals surface area contributed by atoms with Crippen LogP contribution in [-0.2, 0) is 4.79 Å². The average molecular weight is 508 g/mol. The Hall–Kier alpha value is -3.56. The number of aromatic nitrogens is 4. The molecule has 0 unspecified atom stereocenters. The predicted molar refractivity (Wildman–Crippen MR) is 138 cm³/mol. The third-order valence-electron chi connectivity index (χ3n) is 6.75. The van der Waals surface area contributed by atoms with E-state index in [1.807, 2.05) is 12.1 Å². The smallest absolute Gasteiger partial charge is 0.237 e. The number of amides is 1. The number of nitrogens with one attached hydrogen (secondary N) is 1. The summed E-state index contributed by atoms with van der Waals surface area (Å²) < 4.78 is 16.6. The maximum Gasteiger partial charge on any atom is 0.237 e. The van der Waals surface area contributed by atoms with Gasteiger partial charge in [0, 0.05) is 23.7 Å². The zero-order chi connectivity index (χ0) is 25.3. The van der Waals surface area contributed by atoms with Gasteiger partial charge in [0.05, 0.1) is 5.56 Å². The van der Waals surface area contributed by atoms with Crippen molar-refractivity contribution in [2.75, 3.05) is 24.5 Å². The zero-order valence-corrected chi connectivity index (χ0v) is 20.7. The van der Waals surface area contributed by atoms with Gasteiger partial charge in [0.2, 0.25) is 11.9 Å². The van der Waals surface area contributed by atoms with Crippen molar-refractivity contribution in [3.63, 3.8) is 0 Å². The number of primary amides is 1. The molecule has 1 aliphatic rings. The van der Waals surface area contributed by atoms with Crippen LogP contribution in [0.4, 0.5) is 10.3 Å². The number of nitrogens with zero attached hydrogens (tertiary/aromatic N) is 5. The first-order valence-electron chi connectivity index (χ1n) is 12.0. The predicted octanol–water partition coefficient (Wildman–Crippen LogP) is 4.07. The maximum absolute atomic E-state index is 14.9. The summed E-state index contributed by atoms with van der Waals surface area (Å²) in [7, 11) is 0. The van der Waals surface area contributed by atoms with Gasteiger partial charge in [0.15, 0.2) is 5.65 Å². The number of nitrogens with two attached hydrogens (primary N) is 1. The topological polar surface area (TPSA) is 101 Å². The minimum absolute atomic E-state index is 0.339. The van der Waals surface area contributed by atoms with Crippen molar-refractivity contribution < 1.29 is 9.18 Å². The van der Waals surface area contributed by atoms with Gasteiger partial charge >= 0.3 is 0 Å². The molecule has 0 spiro atoms. The molecule has 1 fully saturated rings. The van der Waals surface area contributed by atoms with Crippen LogP contribution in [0.1, 0.15) is 26.2 Å². The molecule has 8 nitrogen and oxygen atoms in total. The van der Waals surface area contributed by atoms with Crippen molar-refractivity contribution in [2.24, 2.45) is 5.73 Å². The molecule has 186 valence electrons. The van der Waals surface area contributed by atoms with Crippen LogP contribution < -0.4 is 16.0 Å². The number of fused-ring (bicyclic) bond motifs is 1. The number of piperidine rings is 1. The van der Waals surface area contributed by atoms with Crippen LogP contribution in [0.3, 0.4) is 0 Å². The van der Waals surface area contributed by atoms with E-state index in [9.17, 15) is 9.18 Å². The van der Waals surface area contributed by atoms with Gasteiger partial charge in [-0.15, -0.1) is 0 Å². The highest BCUT2D eigenvalue weighted by Gasteiger charge is 2.40. The second-order valence-corrected chi connectivity index (χ2v) is 9.42. The largest absolute Gasteiger partial charge is 0.368 e. The average Bonchev–Trinajstić information content (AvgIpc) is 3.28. The van der Waals surface area contributed by atoms with Crippen LogP contribution in [0.5, 0.6) is 0 Å². The summed E-state index contributed by atoms with van der Waals surface area (Å²) in [6.07, 6.45) is 3.48. The van der Waals surface area contributed by atoms with E-state index in [4.69, 9.17) is 22.4 Å². The highest BCUT2D eigenvalue weighted by atomic mass is 35.5. The van der Waals surface area contributed by atoms with Gasteiger partial charge in [0.1, 0.15) is 23.4 Å². The minimum Gasteiger partial charge on any atom is -0.368 e. The van der Waals surface area contributed by atoms with E-state index in [1.54, 1.807) is 34.8 Å². The van der Waals surface area contributed by atoms with E-state index in [0.29, 0.717) is 59.4 Å². The Kier molecular flexibility index (Phi) is 6.59. The van der Waals surface area contributed by atoms with E-state index < -0.39 is 5.54 Å². The Labute approximate surface area is 213 Å². The van der Waals surface area contributed by atoms with Crippen molar-refractivity contribution in [3.05, 3.63) is 65.7 Å². The molecule has 4 aromatic rings. The van der Waals surface area contributed by atoms with Crippen molar-refractivity contribution >= 4 is 29.1 Å². The lowest BCUT2D eigenvalue weighted by molar-refractivity contribution is -0.125. The monoisotopic (exact) mass is 507 g/mol. The first-order chi connectivity index (χ1) is 17.4. The fourth-order valence-electron chi connectivity index (χ4n) is 4.76. The summed E-state index contributed by atoms with van der Waals surface area (Å²) in [4.78, 5) is 23.4. The quantitative estimate of drug-likeness (QED) is 0.391. The molecular formula is C26H27ClFN7O. The fraction of sp³-hybridized carbons (Fsp3) is 0.308. The third-order valence-corrected chi connectivity index (χ3v) is 7.00. The molecule has 36 heavy (non-hydrogen) atoms. The number of carbonyl (C=O) groups excluding carboxylic acids is 1. The van der Waals surface area contributed by atoms with E-state index in [-0.39, 0.29) is 11.7 Å². The zero-order valence-electron chi connectivity index (χ0n) is 19.9. The first-order valence-corrected chi connectivity index (χ1v) is 12.4. The van der Waals surface area contributed by atoms with E-state index in [0.717, 1.165) is 18.5 Å². The molecule has 10 heteroatoms. The van der Waals surface area contributed by atoms with Crippen LogP contribution in [0.2, 0.25) is 5.02 Å². The van der Waals surface area contributed by atoms with Crippen molar-refractivity contribution in [2.45, 2.75) is 31.7 Å². The second-order valence-electron chi connectivity index (χ2n) is 8.98. The number of hydrogen-bond acceptors (Lipinski definition) is 6. The molecule has 5 rings (SSSR count). The SMILES string of the molecule is CCCNC1(C(N)=O)CCN(c2ncnc3c(-c4ccc(Cl)cc4)c(-c4ccccc4F)nn23)CC1. The van der Waals surface area contributed by atoms with Crippen LogP contribution in [0.15, 0.2) is 54.9 Å². The lowest BCUT2D eigenvalue weighted by atomic mass is 9.86. The Balaban J connectivity index is 1.60. The lowest BCUT2D eigenvalue weighted by Crippen LogP contribution is -2.61. The molecule has 0 atom stereocenters. The number of hydrogen-bond donors (Lipinski definition) is 2. The highest BCUT2D eigenvalue weighted by Crippen LogP contribution is 2.37. The number of halogens is 2. The molecule has 2 aromatic heterocycles. The Bertz CT molecular complexity index is 1400. The Morgan fingerprint density at radius 1 is 1.14 bits per heavy atom. The number of carbonyl (C=O) groups is 1. The van der Waals surface area contributed by atoms with Crippen LogP contribution in [0, 0.1) is 5.82 Å². The molecule has 1 saturated heterocycles. The van der Waals surface area contributed by atoms with E-state index in [2.05, 4.69) is 27.1 Å². The summed E-state index contributed by atoms with van der Waals surface area (Å²) in [6, 6.07) is 13.8. The van der Waals surface area contributed by atoms with Crippen LogP contribution in [0.25, 0.3) is 28.0 Å². The number of benzene rings is 2. The normalized spacial score (nSPS) is 15.4.